The van der Waals surface area contributed by atoms with Crippen LogP contribution in [0.4, 0.5) is 0 Å². The topological polar surface area (TPSA) is 42.2 Å². The number of hydrogen-bond acceptors (Lipinski definition) is 1. The molecule has 0 aliphatic rings. The molecule has 0 saturated carbocycles. The molecular formula is C18H15NO2. The highest BCUT2D eigenvalue weighted by molar-refractivity contribution is 5.88. The molecule has 21 heavy (non-hydrogen) atoms. The standard InChI is InChI=1S/C18H15NO2/c1-13-5-7-14(8-6-13)16-9-10-19(12-16)17-4-2-3-15(11-17)18(20)21/h2-12H,1H3,(H,20,21). The monoisotopic (exact) mass is 277 g/mol. The molecule has 0 aliphatic heterocycles. The number of aryl methyl sites for hydroxylation is 1. The van der Waals surface area contributed by atoms with Gasteiger partial charge in [0, 0.05) is 18.1 Å². The Morgan fingerprint density at radius 1 is 1.00 bits per heavy atom. The molecule has 0 amide bonds. The molecule has 3 heteroatoms. The van der Waals surface area contributed by atoms with Crippen LogP contribution >= 0.6 is 0 Å². The summed E-state index contributed by atoms with van der Waals surface area (Å²) in [6, 6.07) is 17.3. The normalized spacial score (nSPS) is 10.5. The van der Waals surface area contributed by atoms with Crippen molar-refractivity contribution in [2.75, 3.05) is 0 Å². The van der Waals surface area contributed by atoms with Gasteiger partial charge in [0.25, 0.3) is 0 Å². The van der Waals surface area contributed by atoms with Crippen LogP contribution in [-0.2, 0) is 0 Å². The third-order valence-electron chi connectivity index (χ3n) is 3.47. The summed E-state index contributed by atoms with van der Waals surface area (Å²) in [4.78, 5) is 11.0. The molecule has 0 bridgehead atoms. The molecule has 0 radical (unpaired) electrons. The van der Waals surface area contributed by atoms with Crippen LogP contribution in [0.3, 0.4) is 0 Å². The van der Waals surface area contributed by atoms with E-state index in [1.54, 1.807) is 18.2 Å². The van der Waals surface area contributed by atoms with Crippen LogP contribution in [0.15, 0.2) is 67.0 Å². The van der Waals surface area contributed by atoms with Gasteiger partial charge in [-0.15, -0.1) is 0 Å². The molecule has 0 atom stereocenters. The van der Waals surface area contributed by atoms with Gasteiger partial charge in [0.1, 0.15) is 0 Å². The van der Waals surface area contributed by atoms with Crippen LogP contribution in [0.1, 0.15) is 15.9 Å². The van der Waals surface area contributed by atoms with Crippen LogP contribution in [-0.4, -0.2) is 15.6 Å². The minimum absolute atomic E-state index is 0.290. The molecule has 0 spiro atoms. The average molecular weight is 277 g/mol. The summed E-state index contributed by atoms with van der Waals surface area (Å²) in [5.41, 5.74) is 4.61. The maximum atomic E-state index is 11.0. The highest BCUT2D eigenvalue weighted by Gasteiger charge is 2.06. The number of aromatic carboxylic acids is 1. The summed E-state index contributed by atoms with van der Waals surface area (Å²) in [6.07, 6.45) is 3.95. The fraction of sp³-hybridized carbons (Fsp3) is 0.0556. The molecule has 2 aromatic carbocycles. The van der Waals surface area contributed by atoms with Crippen molar-refractivity contribution in [3.63, 3.8) is 0 Å². The van der Waals surface area contributed by atoms with Crippen molar-refractivity contribution in [1.82, 2.24) is 4.57 Å². The fourth-order valence-electron chi connectivity index (χ4n) is 2.27. The second kappa shape index (κ2) is 5.29. The number of carboxylic acid groups (broad SMARTS) is 1. The number of benzene rings is 2. The van der Waals surface area contributed by atoms with E-state index < -0.39 is 5.97 Å². The Balaban J connectivity index is 1.96. The first-order valence-electron chi connectivity index (χ1n) is 6.72. The van der Waals surface area contributed by atoms with Gasteiger partial charge in [0.2, 0.25) is 0 Å². The zero-order chi connectivity index (χ0) is 14.8. The maximum absolute atomic E-state index is 11.0. The zero-order valence-electron chi connectivity index (χ0n) is 11.7. The van der Waals surface area contributed by atoms with E-state index in [0.29, 0.717) is 0 Å². The average Bonchev–Trinajstić information content (AvgIpc) is 2.98. The van der Waals surface area contributed by atoms with Crippen molar-refractivity contribution in [2.45, 2.75) is 6.92 Å². The van der Waals surface area contributed by atoms with Gasteiger partial charge < -0.3 is 9.67 Å². The number of aromatic nitrogens is 1. The quantitative estimate of drug-likeness (QED) is 0.781. The van der Waals surface area contributed by atoms with Crippen LogP contribution < -0.4 is 0 Å². The molecule has 1 N–H and O–H groups in total. The summed E-state index contributed by atoms with van der Waals surface area (Å²) < 4.78 is 1.93. The van der Waals surface area contributed by atoms with Crippen molar-refractivity contribution in [3.05, 3.63) is 78.1 Å². The number of carbonyl (C=O) groups is 1. The Morgan fingerprint density at radius 2 is 1.76 bits per heavy atom. The highest BCUT2D eigenvalue weighted by Crippen LogP contribution is 2.22. The second-order valence-electron chi connectivity index (χ2n) is 5.03. The number of carboxylic acids is 1. The lowest BCUT2D eigenvalue weighted by Gasteiger charge is -2.04. The third kappa shape index (κ3) is 2.72. The highest BCUT2D eigenvalue weighted by atomic mass is 16.4. The minimum atomic E-state index is -0.914. The van der Waals surface area contributed by atoms with Crippen LogP contribution in [0.2, 0.25) is 0 Å². The smallest absolute Gasteiger partial charge is 0.335 e. The van der Waals surface area contributed by atoms with Crippen LogP contribution in [0.25, 0.3) is 16.8 Å². The van der Waals surface area contributed by atoms with E-state index in [4.69, 9.17) is 5.11 Å². The Bertz CT molecular complexity index is 785. The summed E-state index contributed by atoms with van der Waals surface area (Å²) in [7, 11) is 0. The van der Waals surface area contributed by atoms with E-state index in [9.17, 15) is 4.79 Å². The number of hydrogen-bond donors (Lipinski definition) is 1. The van der Waals surface area contributed by atoms with Gasteiger partial charge >= 0.3 is 5.97 Å². The van der Waals surface area contributed by atoms with Crippen molar-refractivity contribution in [1.29, 1.82) is 0 Å². The van der Waals surface area contributed by atoms with E-state index in [1.165, 1.54) is 5.56 Å². The van der Waals surface area contributed by atoms with Crippen molar-refractivity contribution in [2.24, 2.45) is 0 Å². The van der Waals surface area contributed by atoms with Crippen LogP contribution in [0.5, 0.6) is 0 Å². The molecular weight excluding hydrogens is 262 g/mol. The Hall–Kier alpha value is -2.81. The van der Waals surface area contributed by atoms with Gasteiger partial charge in [-0.3, -0.25) is 0 Å². The summed E-state index contributed by atoms with van der Waals surface area (Å²) in [6.45, 7) is 2.06. The second-order valence-corrected chi connectivity index (χ2v) is 5.03. The van der Waals surface area contributed by atoms with Gasteiger partial charge in [0.15, 0.2) is 0 Å². The van der Waals surface area contributed by atoms with Gasteiger partial charge in [-0.25, -0.2) is 4.79 Å². The van der Waals surface area contributed by atoms with E-state index in [-0.39, 0.29) is 5.56 Å². The summed E-state index contributed by atoms with van der Waals surface area (Å²) >= 11 is 0. The molecule has 0 aliphatic carbocycles. The van der Waals surface area contributed by atoms with Gasteiger partial charge in [-0.1, -0.05) is 35.9 Å². The first kappa shape index (κ1) is 13.2. The lowest BCUT2D eigenvalue weighted by atomic mass is 10.1. The molecule has 3 aromatic rings. The molecule has 1 aromatic heterocycles. The molecule has 1 heterocycles. The van der Waals surface area contributed by atoms with Crippen molar-refractivity contribution >= 4 is 5.97 Å². The molecule has 3 nitrogen and oxygen atoms in total. The van der Waals surface area contributed by atoms with E-state index >= 15 is 0 Å². The number of rotatable bonds is 3. The lowest BCUT2D eigenvalue weighted by molar-refractivity contribution is 0.0697. The lowest BCUT2D eigenvalue weighted by Crippen LogP contribution is -1.98. The van der Waals surface area contributed by atoms with Gasteiger partial charge in [-0.05, 0) is 42.3 Å². The molecule has 3 rings (SSSR count). The van der Waals surface area contributed by atoms with E-state index in [0.717, 1.165) is 16.8 Å². The predicted molar refractivity (Wildman–Crippen MR) is 82.9 cm³/mol. The molecule has 0 fully saturated rings. The Labute approximate surface area is 123 Å². The molecule has 0 unspecified atom stereocenters. The molecule has 0 saturated heterocycles. The largest absolute Gasteiger partial charge is 0.478 e. The van der Waals surface area contributed by atoms with Crippen LogP contribution in [0, 0.1) is 6.92 Å². The zero-order valence-corrected chi connectivity index (χ0v) is 11.7. The van der Waals surface area contributed by atoms with Crippen molar-refractivity contribution in [3.8, 4) is 16.8 Å². The Morgan fingerprint density at radius 3 is 2.48 bits per heavy atom. The summed E-state index contributed by atoms with van der Waals surface area (Å²) in [5.74, 6) is -0.914. The predicted octanol–water partition coefficient (Wildman–Crippen LogP) is 4.15. The van der Waals surface area contributed by atoms with E-state index in [1.807, 2.05) is 29.1 Å². The summed E-state index contributed by atoms with van der Waals surface area (Å²) in [5, 5.41) is 9.06. The third-order valence-corrected chi connectivity index (χ3v) is 3.47. The first-order valence-corrected chi connectivity index (χ1v) is 6.72. The SMILES string of the molecule is Cc1ccc(-c2ccn(-c3cccc(C(=O)O)c3)c2)cc1. The van der Waals surface area contributed by atoms with Gasteiger partial charge in [-0.2, -0.15) is 0 Å². The maximum Gasteiger partial charge on any atom is 0.335 e. The first-order chi connectivity index (χ1) is 10.1. The Kier molecular flexibility index (Phi) is 3.32. The fourth-order valence-corrected chi connectivity index (χ4v) is 2.27. The molecule has 104 valence electrons. The van der Waals surface area contributed by atoms with Crippen molar-refractivity contribution < 1.29 is 9.90 Å². The minimum Gasteiger partial charge on any atom is -0.478 e. The van der Waals surface area contributed by atoms with Gasteiger partial charge in [0.05, 0.1) is 5.56 Å². The van der Waals surface area contributed by atoms with E-state index in [2.05, 4.69) is 31.2 Å². The number of nitrogens with zero attached hydrogens (tertiary/aromatic N) is 1.